The molecule has 0 atom stereocenters. The number of aromatic nitrogens is 4. The molecular formula is C11H14N4O2. The molecule has 0 amide bonds. The van der Waals surface area contributed by atoms with Gasteiger partial charge in [-0.3, -0.25) is 9.20 Å². The lowest BCUT2D eigenvalue weighted by Crippen LogP contribution is -2.21. The fourth-order valence-corrected chi connectivity index (χ4v) is 1.81. The van der Waals surface area contributed by atoms with Crippen LogP contribution < -0.4 is 0 Å². The zero-order valence-corrected chi connectivity index (χ0v) is 9.79. The molecule has 0 aromatic carbocycles. The van der Waals surface area contributed by atoms with E-state index < -0.39 is 5.97 Å². The van der Waals surface area contributed by atoms with Crippen molar-refractivity contribution in [3.8, 4) is 0 Å². The van der Waals surface area contributed by atoms with Crippen molar-refractivity contribution in [1.82, 2.24) is 19.6 Å². The van der Waals surface area contributed by atoms with Crippen LogP contribution in [0.25, 0.3) is 5.78 Å². The molecule has 0 aliphatic carbocycles. The van der Waals surface area contributed by atoms with E-state index in [1.807, 2.05) is 20.0 Å². The van der Waals surface area contributed by atoms with Crippen LogP contribution in [0.1, 0.15) is 26.1 Å². The smallest absolute Gasteiger partial charge is 0.303 e. The molecule has 0 fully saturated rings. The number of hydrogen-bond donors (Lipinski definition) is 1. The average Bonchev–Trinajstić information content (AvgIpc) is 2.59. The van der Waals surface area contributed by atoms with E-state index in [9.17, 15) is 4.79 Å². The summed E-state index contributed by atoms with van der Waals surface area (Å²) in [6.07, 6.45) is 4.12. The van der Waals surface area contributed by atoms with Crippen molar-refractivity contribution < 1.29 is 9.90 Å². The molecule has 2 aromatic heterocycles. The van der Waals surface area contributed by atoms with Gasteiger partial charge in [0.25, 0.3) is 5.78 Å². The number of carboxylic acid groups (broad SMARTS) is 1. The number of nitrogens with zero attached hydrogens (tertiary/aromatic N) is 4. The Morgan fingerprint density at radius 3 is 2.94 bits per heavy atom. The number of hydrogen-bond acceptors (Lipinski definition) is 4. The molecule has 0 saturated carbocycles. The second-order valence-electron chi connectivity index (χ2n) is 4.82. The van der Waals surface area contributed by atoms with Gasteiger partial charge in [-0.1, -0.05) is 13.8 Å². The monoisotopic (exact) mass is 234 g/mol. The first-order valence-corrected chi connectivity index (χ1v) is 5.34. The summed E-state index contributed by atoms with van der Waals surface area (Å²) >= 11 is 0. The fourth-order valence-electron chi connectivity index (χ4n) is 1.81. The van der Waals surface area contributed by atoms with Gasteiger partial charge in [0.2, 0.25) is 0 Å². The van der Waals surface area contributed by atoms with E-state index in [1.54, 1.807) is 16.7 Å². The zero-order valence-electron chi connectivity index (χ0n) is 9.79. The molecule has 6 heteroatoms. The summed E-state index contributed by atoms with van der Waals surface area (Å²) in [7, 11) is 0. The first kappa shape index (κ1) is 11.5. The van der Waals surface area contributed by atoms with Gasteiger partial charge in [-0.25, -0.2) is 4.98 Å². The van der Waals surface area contributed by atoms with E-state index in [1.165, 1.54) is 0 Å². The number of aliphatic carboxylic acids is 1. The first-order chi connectivity index (χ1) is 7.98. The second-order valence-corrected chi connectivity index (χ2v) is 4.82. The van der Waals surface area contributed by atoms with E-state index in [0.29, 0.717) is 12.2 Å². The lowest BCUT2D eigenvalue weighted by Gasteiger charge is -2.20. The first-order valence-electron chi connectivity index (χ1n) is 5.34. The van der Waals surface area contributed by atoms with Crippen molar-refractivity contribution >= 4 is 11.7 Å². The third-order valence-corrected chi connectivity index (χ3v) is 2.53. The third-order valence-electron chi connectivity index (χ3n) is 2.53. The van der Waals surface area contributed by atoms with Gasteiger partial charge >= 0.3 is 5.97 Å². The molecule has 1 N–H and O–H groups in total. The predicted octanol–water partition coefficient (Wildman–Crippen LogP) is 1.17. The normalized spacial score (nSPS) is 11.9. The lowest BCUT2D eigenvalue weighted by molar-refractivity contribution is -0.139. The molecule has 0 saturated heterocycles. The minimum Gasteiger partial charge on any atom is -0.481 e. The Balaban J connectivity index is 2.26. The van der Waals surface area contributed by atoms with Crippen LogP contribution in [0.15, 0.2) is 18.5 Å². The quantitative estimate of drug-likeness (QED) is 0.858. The van der Waals surface area contributed by atoms with Gasteiger partial charge in [-0.05, 0) is 11.5 Å². The molecular weight excluding hydrogens is 220 g/mol. The summed E-state index contributed by atoms with van der Waals surface area (Å²) in [4.78, 5) is 14.8. The Kier molecular flexibility index (Phi) is 2.79. The van der Waals surface area contributed by atoms with Crippen molar-refractivity contribution in [3.63, 3.8) is 0 Å². The average molecular weight is 234 g/mol. The highest BCUT2D eigenvalue weighted by molar-refractivity contribution is 5.67. The molecule has 2 heterocycles. The maximum Gasteiger partial charge on any atom is 0.303 e. The number of rotatable bonds is 4. The largest absolute Gasteiger partial charge is 0.481 e. The van der Waals surface area contributed by atoms with Crippen LogP contribution in [0, 0.1) is 5.41 Å². The van der Waals surface area contributed by atoms with Crippen LogP contribution in [0.4, 0.5) is 0 Å². The molecule has 90 valence electrons. The lowest BCUT2D eigenvalue weighted by atomic mass is 9.85. The number of carboxylic acids is 1. The second kappa shape index (κ2) is 4.12. The van der Waals surface area contributed by atoms with E-state index in [2.05, 4.69) is 15.2 Å². The van der Waals surface area contributed by atoms with Gasteiger partial charge in [-0.2, -0.15) is 0 Å². The van der Waals surface area contributed by atoms with Crippen LogP contribution in [-0.4, -0.2) is 30.7 Å². The van der Waals surface area contributed by atoms with E-state index in [-0.39, 0.29) is 11.8 Å². The van der Waals surface area contributed by atoms with E-state index >= 15 is 0 Å². The molecule has 6 nitrogen and oxygen atoms in total. The summed E-state index contributed by atoms with van der Waals surface area (Å²) in [5.41, 5.74) is -0.357. The highest BCUT2D eigenvalue weighted by atomic mass is 16.4. The van der Waals surface area contributed by atoms with Crippen LogP contribution in [0.3, 0.4) is 0 Å². The third kappa shape index (κ3) is 2.58. The van der Waals surface area contributed by atoms with Gasteiger partial charge in [0.1, 0.15) is 5.82 Å². The Morgan fingerprint density at radius 2 is 2.24 bits per heavy atom. The number of carbonyl (C=O) groups is 1. The SMILES string of the molecule is CC(C)(CC(=O)O)Cc1nnc2ncccn12. The molecule has 0 aliphatic heterocycles. The van der Waals surface area contributed by atoms with Crippen molar-refractivity contribution in [3.05, 3.63) is 24.3 Å². The molecule has 0 aliphatic rings. The zero-order chi connectivity index (χ0) is 12.5. The molecule has 0 spiro atoms. The fraction of sp³-hybridized carbons (Fsp3) is 0.455. The van der Waals surface area contributed by atoms with Gasteiger partial charge in [0, 0.05) is 18.8 Å². The van der Waals surface area contributed by atoms with Crippen molar-refractivity contribution in [1.29, 1.82) is 0 Å². The standard InChI is InChI=1S/C11H14N4O2/c1-11(2,7-9(16)17)6-8-13-14-10-12-4-3-5-15(8)10/h3-5H,6-7H2,1-2H3,(H,16,17). The molecule has 0 unspecified atom stereocenters. The minimum atomic E-state index is -0.804. The molecule has 17 heavy (non-hydrogen) atoms. The van der Waals surface area contributed by atoms with Gasteiger partial charge in [0.05, 0.1) is 6.42 Å². The maximum absolute atomic E-state index is 10.8. The van der Waals surface area contributed by atoms with Gasteiger partial charge < -0.3 is 5.11 Å². The van der Waals surface area contributed by atoms with Crippen LogP contribution in [-0.2, 0) is 11.2 Å². The van der Waals surface area contributed by atoms with Crippen LogP contribution >= 0.6 is 0 Å². The Bertz CT molecular complexity index is 547. The highest BCUT2D eigenvalue weighted by Crippen LogP contribution is 2.25. The Morgan fingerprint density at radius 1 is 1.47 bits per heavy atom. The van der Waals surface area contributed by atoms with Crippen LogP contribution in [0.2, 0.25) is 0 Å². The Labute approximate surface area is 98.3 Å². The van der Waals surface area contributed by atoms with Crippen molar-refractivity contribution in [2.24, 2.45) is 5.41 Å². The maximum atomic E-state index is 10.8. The topological polar surface area (TPSA) is 80.4 Å². The van der Waals surface area contributed by atoms with Crippen molar-refractivity contribution in [2.45, 2.75) is 26.7 Å². The van der Waals surface area contributed by atoms with Crippen molar-refractivity contribution in [2.75, 3.05) is 0 Å². The molecule has 2 aromatic rings. The molecule has 0 radical (unpaired) electrons. The van der Waals surface area contributed by atoms with Crippen LogP contribution in [0.5, 0.6) is 0 Å². The van der Waals surface area contributed by atoms with E-state index in [4.69, 9.17) is 5.11 Å². The molecule has 0 bridgehead atoms. The van der Waals surface area contributed by atoms with E-state index in [0.717, 1.165) is 5.82 Å². The predicted molar refractivity (Wildman–Crippen MR) is 60.5 cm³/mol. The summed E-state index contributed by atoms with van der Waals surface area (Å²) in [6, 6.07) is 1.80. The Hall–Kier alpha value is -1.98. The summed E-state index contributed by atoms with van der Waals surface area (Å²) in [6.45, 7) is 3.80. The van der Waals surface area contributed by atoms with Gasteiger partial charge in [-0.15, -0.1) is 10.2 Å². The minimum absolute atomic E-state index is 0.0994. The molecule has 2 rings (SSSR count). The summed E-state index contributed by atoms with van der Waals surface area (Å²) in [5, 5.41) is 16.8. The number of fused-ring (bicyclic) bond motifs is 1. The summed E-state index contributed by atoms with van der Waals surface area (Å²) < 4.78 is 1.78. The van der Waals surface area contributed by atoms with Gasteiger partial charge in [0.15, 0.2) is 0 Å². The summed E-state index contributed by atoms with van der Waals surface area (Å²) in [5.74, 6) is 0.468. The highest BCUT2D eigenvalue weighted by Gasteiger charge is 2.24.